The van der Waals surface area contributed by atoms with Crippen LogP contribution in [0.1, 0.15) is 29.7 Å². The monoisotopic (exact) mass is 668 g/mol. The number of rotatable bonds is 7. The van der Waals surface area contributed by atoms with Crippen molar-refractivity contribution in [2.45, 2.75) is 19.6 Å². The molecule has 162 valence electrons. The molecule has 0 aromatic heterocycles. The Morgan fingerprint density at radius 2 is 1.75 bits per heavy atom. The molecule has 0 radical (unpaired) electrons. The number of nitriles is 1. The van der Waals surface area contributed by atoms with Gasteiger partial charge in [-0.2, -0.15) is 5.26 Å². The third-order valence-corrected chi connectivity index (χ3v) is 6.65. The van der Waals surface area contributed by atoms with Crippen LogP contribution in [0.25, 0.3) is 6.08 Å². The zero-order chi connectivity index (χ0) is 23.1. The number of hydrogen-bond donors (Lipinski definition) is 1. The lowest BCUT2D eigenvalue weighted by Gasteiger charge is -2.14. The highest BCUT2D eigenvalue weighted by molar-refractivity contribution is 14.1. The van der Waals surface area contributed by atoms with Gasteiger partial charge in [-0.25, -0.2) is 0 Å². The molecule has 32 heavy (non-hydrogen) atoms. The number of amides is 1. The van der Waals surface area contributed by atoms with Crippen molar-refractivity contribution < 1.29 is 9.53 Å². The summed E-state index contributed by atoms with van der Waals surface area (Å²) in [6.45, 7) is 2.24. The van der Waals surface area contributed by atoms with E-state index in [1.54, 1.807) is 6.08 Å². The van der Waals surface area contributed by atoms with Crippen LogP contribution in [0.2, 0.25) is 5.02 Å². The maximum Gasteiger partial charge on any atom is 0.262 e. The van der Waals surface area contributed by atoms with Gasteiger partial charge in [-0.1, -0.05) is 60.1 Å². The standard InChI is InChI=1S/C25H19ClI2N2O2/c1-16(18-7-3-2-4-8-18)30-25(31)20(14-29)11-17-12-22(27)24(23(28)13-17)32-15-19-9-5-6-10-21(19)26/h2-13,16H,15H2,1H3,(H,30,31)/b20-11-/t16-/m0/s1. The summed E-state index contributed by atoms with van der Waals surface area (Å²) in [7, 11) is 0. The first-order valence-electron chi connectivity index (χ1n) is 9.72. The first-order valence-corrected chi connectivity index (χ1v) is 12.3. The van der Waals surface area contributed by atoms with Crippen molar-refractivity contribution in [3.05, 3.63) is 101 Å². The molecule has 1 N–H and O–H groups in total. The molecule has 0 spiro atoms. The largest absolute Gasteiger partial charge is 0.487 e. The van der Waals surface area contributed by atoms with E-state index in [0.29, 0.717) is 11.6 Å². The zero-order valence-corrected chi connectivity index (χ0v) is 22.2. The molecule has 1 amide bonds. The molecule has 3 rings (SSSR count). The van der Waals surface area contributed by atoms with Crippen molar-refractivity contribution in [3.63, 3.8) is 0 Å². The van der Waals surface area contributed by atoms with Crippen LogP contribution in [0.15, 0.2) is 72.3 Å². The minimum absolute atomic E-state index is 0.0455. The maximum absolute atomic E-state index is 12.6. The smallest absolute Gasteiger partial charge is 0.262 e. The minimum atomic E-state index is -0.409. The molecule has 0 heterocycles. The molecule has 0 fully saturated rings. The molecule has 3 aromatic rings. The van der Waals surface area contributed by atoms with Crippen LogP contribution >= 0.6 is 56.8 Å². The predicted molar refractivity (Wildman–Crippen MR) is 144 cm³/mol. The number of hydrogen-bond acceptors (Lipinski definition) is 3. The zero-order valence-electron chi connectivity index (χ0n) is 17.1. The quantitative estimate of drug-likeness (QED) is 0.169. The molecule has 0 aliphatic carbocycles. The average molecular weight is 669 g/mol. The lowest BCUT2D eigenvalue weighted by atomic mass is 10.1. The third kappa shape index (κ3) is 6.47. The van der Waals surface area contributed by atoms with Gasteiger partial charge in [0.2, 0.25) is 0 Å². The topological polar surface area (TPSA) is 62.1 Å². The lowest BCUT2D eigenvalue weighted by molar-refractivity contribution is -0.117. The van der Waals surface area contributed by atoms with Crippen molar-refractivity contribution >= 4 is 68.8 Å². The second kappa shape index (κ2) is 11.7. The van der Waals surface area contributed by atoms with Gasteiger partial charge in [-0.15, -0.1) is 0 Å². The van der Waals surface area contributed by atoms with Crippen LogP contribution < -0.4 is 10.1 Å². The van der Waals surface area contributed by atoms with Gasteiger partial charge in [0.1, 0.15) is 24.0 Å². The van der Waals surface area contributed by atoms with Crippen LogP contribution in [0.5, 0.6) is 5.75 Å². The fraction of sp³-hybridized carbons (Fsp3) is 0.120. The molecular formula is C25H19ClI2N2O2. The number of nitrogens with zero attached hydrogens (tertiary/aromatic N) is 1. The highest BCUT2D eigenvalue weighted by atomic mass is 127. The predicted octanol–water partition coefficient (Wildman–Crippen LogP) is 6.91. The summed E-state index contributed by atoms with van der Waals surface area (Å²) in [5.74, 6) is 0.330. The van der Waals surface area contributed by atoms with Crippen molar-refractivity contribution in [1.29, 1.82) is 5.26 Å². The summed E-state index contributed by atoms with van der Waals surface area (Å²) >= 11 is 10.6. The number of nitrogens with one attached hydrogen (secondary N) is 1. The molecule has 0 aliphatic heterocycles. The van der Waals surface area contributed by atoms with Gasteiger partial charge in [-0.05, 0) is 87.5 Å². The van der Waals surface area contributed by atoms with Gasteiger partial charge in [-0.3, -0.25) is 4.79 Å². The highest BCUT2D eigenvalue weighted by Crippen LogP contribution is 2.31. The number of benzene rings is 3. The molecule has 1 atom stereocenters. The Morgan fingerprint density at radius 3 is 2.38 bits per heavy atom. The number of ether oxygens (including phenoxy) is 1. The number of carbonyl (C=O) groups excluding carboxylic acids is 1. The van der Waals surface area contributed by atoms with E-state index >= 15 is 0 Å². The number of halogens is 3. The van der Waals surface area contributed by atoms with Gasteiger partial charge >= 0.3 is 0 Å². The van der Waals surface area contributed by atoms with Crippen LogP contribution in [-0.2, 0) is 11.4 Å². The summed E-state index contributed by atoms with van der Waals surface area (Å²) in [6, 6.07) is 22.8. The molecular weight excluding hydrogens is 650 g/mol. The molecule has 0 saturated carbocycles. The van der Waals surface area contributed by atoms with Gasteiger partial charge in [0.05, 0.1) is 13.2 Å². The van der Waals surface area contributed by atoms with Crippen molar-refractivity contribution in [2.75, 3.05) is 0 Å². The first kappa shape index (κ1) is 24.6. The Kier molecular flexibility index (Phi) is 8.96. The van der Waals surface area contributed by atoms with Crippen LogP contribution in [-0.4, -0.2) is 5.91 Å². The number of carbonyl (C=O) groups is 1. The first-order chi connectivity index (χ1) is 15.4. The SMILES string of the molecule is C[C@H](NC(=O)/C(C#N)=C\c1cc(I)c(OCc2ccccc2Cl)c(I)c1)c1ccccc1. The summed E-state index contributed by atoms with van der Waals surface area (Å²) < 4.78 is 7.76. The minimum Gasteiger partial charge on any atom is -0.487 e. The summed E-state index contributed by atoms with van der Waals surface area (Å²) in [5, 5.41) is 13.1. The van der Waals surface area contributed by atoms with E-state index in [1.165, 1.54) is 0 Å². The summed E-state index contributed by atoms with van der Waals surface area (Å²) in [5.41, 5.74) is 2.68. The van der Waals surface area contributed by atoms with Crippen molar-refractivity contribution in [3.8, 4) is 11.8 Å². The fourth-order valence-corrected chi connectivity index (χ4v) is 5.30. The van der Waals surface area contributed by atoms with Crippen LogP contribution in [0, 0.1) is 18.5 Å². The third-order valence-electron chi connectivity index (χ3n) is 4.67. The molecule has 0 aliphatic rings. The molecule has 4 nitrogen and oxygen atoms in total. The van der Waals surface area contributed by atoms with Gasteiger partial charge < -0.3 is 10.1 Å². The Bertz CT molecular complexity index is 1170. The van der Waals surface area contributed by atoms with Crippen LogP contribution in [0.3, 0.4) is 0 Å². The summed E-state index contributed by atoms with van der Waals surface area (Å²) in [6.07, 6.45) is 1.59. The van der Waals surface area contributed by atoms with E-state index < -0.39 is 5.91 Å². The molecule has 3 aromatic carbocycles. The van der Waals surface area contributed by atoms with Gasteiger partial charge in [0.25, 0.3) is 5.91 Å². The fourth-order valence-electron chi connectivity index (χ4n) is 2.98. The van der Waals surface area contributed by atoms with Crippen molar-refractivity contribution in [2.24, 2.45) is 0 Å². The summed E-state index contributed by atoms with van der Waals surface area (Å²) in [4.78, 5) is 12.6. The Hall–Kier alpha value is -2.09. The van der Waals surface area contributed by atoms with Crippen LogP contribution in [0.4, 0.5) is 0 Å². The normalized spacial score (nSPS) is 12.0. The Morgan fingerprint density at radius 1 is 1.12 bits per heavy atom. The molecule has 0 saturated heterocycles. The van der Waals surface area contributed by atoms with E-state index in [0.717, 1.165) is 29.6 Å². The Labute approximate surface area is 219 Å². The molecule has 0 unspecified atom stereocenters. The van der Waals surface area contributed by atoms with E-state index in [9.17, 15) is 10.1 Å². The Balaban J connectivity index is 1.75. The van der Waals surface area contributed by atoms with E-state index in [1.807, 2.05) is 79.7 Å². The lowest BCUT2D eigenvalue weighted by Crippen LogP contribution is -2.27. The van der Waals surface area contributed by atoms with E-state index in [-0.39, 0.29) is 11.6 Å². The van der Waals surface area contributed by atoms with Gasteiger partial charge in [0.15, 0.2) is 0 Å². The second-order valence-electron chi connectivity index (χ2n) is 6.97. The van der Waals surface area contributed by atoms with E-state index in [2.05, 4.69) is 50.5 Å². The average Bonchev–Trinajstić information content (AvgIpc) is 2.78. The van der Waals surface area contributed by atoms with Gasteiger partial charge in [0, 0.05) is 10.6 Å². The highest BCUT2D eigenvalue weighted by Gasteiger charge is 2.15. The molecule has 0 bridgehead atoms. The second-order valence-corrected chi connectivity index (χ2v) is 9.70. The maximum atomic E-state index is 12.6. The molecule has 7 heteroatoms. The van der Waals surface area contributed by atoms with Crippen molar-refractivity contribution in [1.82, 2.24) is 5.32 Å². The van der Waals surface area contributed by atoms with E-state index in [4.69, 9.17) is 16.3 Å².